The highest BCUT2D eigenvalue weighted by molar-refractivity contribution is 6.31. The second-order valence-electron chi connectivity index (χ2n) is 3.47. The second kappa shape index (κ2) is 5.95. The van der Waals surface area contributed by atoms with Crippen molar-refractivity contribution in [3.63, 3.8) is 0 Å². The molecule has 1 rings (SSSR count). The largest absolute Gasteiger partial charge is 0.508 e. The van der Waals surface area contributed by atoms with Gasteiger partial charge in [-0.15, -0.1) is 0 Å². The molecular formula is C11H16ClNO2. The third-order valence-corrected chi connectivity index (χ3v) is 2.49. The maximum absolute atomic E-state index is 9.58. The lowest BCUT2D eigenvalue weighted by Crippen LogP contribution is -2.29. The van der Waals surface area contributed by atoms with Crippen LogP contribution < -0.4 is 5.32 Å². The van der Waals surface area contributed by atoms with E-state index in [2.05, 4.69) is 5.32 Å². The van der Waals surface area contributed by atoms with E-state index in [0.717, 1.165) is 5.56 Å². The summed E-state index contributed by atoms with van der Waals surface area (Å²) in [6.07, 6.45) is 0. The van der Waals surface area contributed by atoms with Crippen molar-refractivity contribution in [3.05, 3.63) is 28.8 Å². The third-order valence-electron chi connectivity index (χ3n) is 2.14. The molecule has 1 aromatic rings. The Morgan fingerprint density at radius 2 is 2.27 bits per heavy atom. The number of aromatic hydroxyl groups is 1. The lowest BCUT2D eigenvalue weighted by atomic mass is 10.2. The van der Waals surface area contributed by atoms with Crippen LogP contribution in [0.5, 0.6) is 5.75 Å². The zero-order valence-electron chi connectivity index (χ0n) is 8.96. The highest BCUT2D eigenvalue weighted by Gasteiger charge is 2.07. The SMILES string of the molecule is COC[C@@H](C)NCc1c(O)cccc1Cl. The molecule has 0 aliphatic heterocycles. The topological polar surface area (TPSA) is 41.5 Å². The minimum atomic E-state index is 0.222. The maximum Gasteiger partial charge on any atom is 0.121 e. The van der Waals surface area contributed by atoms with Crippen LogP contribution in [0.3, 0.4) is 0 Å². The van der Waals surface area contributed by atoms with E-state index in [-0.39, 0.29) is 11.8 Å². The summed E-state index contributed by atoms with van der Waals surface area (Å²) < 4.78 is 4.99. The minimum absolute atomic E-state index is 0.222. The molecule has 0 radical (unpaired) electrons. The molecule has 15 heavy (non-hydrogen) atoms. The van der Waals surface area contributed by atoms with E-state index in [9.17, 15) is 5.11 Å². The summed E-state index contributed by atoms with van der Waals surface area (Å²) in [7, 11) is 1.66. The van der Waals surface area contributed by atoms with E-state index in [0.29, 0.717) is 18.2 Å². The van der Waals surface area contributed by atoms with Crippen LogP contribution in [-0.4, -0.2) is 24.9 Å². The van der Waals surface area contributed by atoms with Gasteiger partial charge in [0.2, 0.25) is 0 Å². The number of hydrogen-bond donors (Lipinski definition) is 2. The van der Waals surface area contributed by atoms with Gasteiger partial charge in [0.15, 0.2) is 0 Å². The summed E-state index contributed by atoms with van der Waals surface area (Å²) in [5.74, 6) is 0.222. The van der Waals surface area contributed by atoms with Crippen LogP contribution in [0.15, 0.2) is 18.2 Å². The number of ether oxygens (including phenoxy) is 1. The van der Waals surface area contributed by atoms with E-state index in [4.69, 9.17) is 16.3 Å². The van der Waals surface area contributed by atoms with Crippen LogP contribution in [0.4, 0.5) is 0 Å². The normalized spacial score (nSPS) is 12.7. The summed E-state index contributed by atoms with van der Waals surface area (Å²) in [5.41, 5.74) is 0.724. The molecule has 0 bridgehead atoms. The van der Waals surface area contributed by atoms with Gasteiger partial charge >= 0.3 is 0 Å². The highest BCUT2D eigenvalue weighted by Crippen LogP contribution is 2.24. The van der Waals surface area contributed by atoms with E-state index in [1.54, 1.807) is 25.3 Å². The molecule has 0 aromatic heterocycles. The molecule has 0 saturated heterocycles. The van der Waals surface area contributed by atoms with Gasteiger partial charge in [-0.1, -0.05) is 17.7 Å². The Morgan fingerprint density at radius 3 is 2.87 bits per heavy atom. The first-order valence-corrected chi connectivity index (χ1v) is 5.21. The zero-order chi connectivity index (χ0) is 11.3. The minimum Gasteiger partial charge on any atom is -0.508 e. The van der Waals surface area contributed by atoms with Gasteiger partial charge < -0.3 is 15.2 Å². The smallest absolute Gasteiger partial charge is 0.121 e. The van der Waals surface area contributed by atoms with Crippen molar-refractivity contribution < 1.29 is 9.84 Å². The predicted octanol–water partition coefficient (Wildman–Crippen LogP) is 2.17. The van der Waals surface area contributed by atoms with Crippen LogP contribution in [0, 0.1) is 0 Å². The van der Waals surface area contributed by atoms with Crippen molar-refractivity contribution in [1.29, 1.82) is 0 Å². The van der Waals surface area contributed by atoms with Gasteiger partial charge in [0.05, 0.1) is 6.61 Å². The lowest BCUT2D eigenvalue weighted by molar-refractivity contribution is 0.171. The first-order valence-electron chi connectivity index (χ1n) is 4.83. The van der Waals surface area contributed by atoms with Crippen LogP contribution in [0.25, 0.3) is 0 Å². The average molecular weight is 230 g/mol. The van der Waals surface area contributed by atoms with Crippen LogP contribution in [0.1, 0.15) is 12.5 Å². The Morgan fingerprint density at radius 1 is 1.53 bits per heavy atom. The van der Waals surface area contributed by atoms with Gasteiger partial charge in [0, 0.05) is 30.3 Å². The Balaban J connectivity index is 2.57. The Kier molecular flexibility index (Phi) is 4.88. The fourth-order valence-corrected chi connectivity index (χ4v) is 1.54. The molecule has 0 spiro atoms. The van der Waals surface area contributed by atoms with Crippen molar-refractivity contribution in [1.82, 2.24) is 5.32 Å². The Labute approximate surface area is 95.0 Å². The number of halogens is 1. The van der Waals surface area contributed by atoms with Crippen LogP contribution >= 0.6 is 11.6 Å². The number of benzene rings is 1. The first kappa shape index (κ1) is 12.3. The van der Waals surface area contributed by atoms with Crippen molar-refractivity contribution in [2.75, 3.05) is 13.7 Å². The first-order chi connectivity index (χ1) is 7.15. The second-order valence-corrected chi connectivity index (χ2v) is 3.88. The standard InChI is InChI=1S/C11H16ClNO2/c1-8(7-15-2)13-6-9-10(12)4-3-5-11(9)14/h3-5,8,13-14H,6-7H2,1-2H3/t8-/m1/s1. The number of rotatable bonds is 5. The molecule has 0 unspecified atom stereocenters. The van der Waals surface area contributed by atoms with E-state index in [1.165, 1.54) is 0 Å². The summed E-state index contributed by atoms with van der Waals surface area (Å²) in [5, 5.41) is 13.4. The summed E-state index contributed by atoms with van der Waals surface area (Å²) >= 11 is 5.96. The van der Waals surface area contributed by atoms with Crippen molar-refractivity contribution >= 4 is 11.6 Å². The number of nitrogens with one attached hydrogen (secondary N) is 1. The zero-order valence-corrected chi connectivity index (χ0v) is 9.71. The van der Waals surface area contributed by atoms with E-state index >= 15 is 0 Å². The Bertz CT molecular complexity index is 297. The monoisotopic (exact) mass is 229 g/mol. The molecule has 0 fully saturated rings. The van der Waals surface area contributed by atoms with Gasteiger partial charge in [-0.25, -0.2) is 0 Å². The molecule has 1 atom stereocenters. The van der Waals surface area contributed by atoms with Gasteiger partial charge in [-0.05, 0) is 19.1 Å². The molecule has 0 aliphatic carbocycles. The summed E-state index contributed by atoms with van der Waals surface area (Å²) in [6, 6.07) is 5.34. The van der Waals surface area contributed by atoms with Gasteiger partial charge in [0.1, 0.15) is 5.75 Å². The lowest BCUT2D eigenvalue weighted by Gasteiger charge is -2.14. The summed E-state index contributed by atoms with van der Waals surface area (Å²) in [4.78, 5) is 0. The number of phenolic OH excluding ortho intramolecular Hbond substituents is 1. The number of hydrogen-bond acceptors (Lipinski definition) is 3. The maximum atomic E-state index is 9.58. The molecule has 84 valence electrons. The van der Waals surface area contributed by atoms with E-state index < -0.39 is 0 Å². The predicted molar refractivity (Wildman–Crippen MR) is 61.3 cm³/mol. The van der Waals surface area contributed by atoms with Crippen molar-refractivity contribution in [2.24, 2.45) is 0 Å². The third kappa shape index (κ3) is 3.70. The highest BCUT2D eigenvalue weighted by atomic mass is 35.5. The van der Waals surface area contributed by atoms with Gasteiger partial charge in [-0.2, -0.15) is 0 Å². The van der Waals surface area contributed by atoms with Crippen molar-refractivity contribution in [3.8, 4) is 5.75 Å². The van der Waals surface area contributed by atoms with Crippen LogP contribution in [0.2, 0.25) is 5.02 Å². The quantitative estimate of drug-likeness (QED) is 0.813. The van der Waals surface area contributed by atoms with Crippen molar-refractivity contribution in [2.45, 2.75) is 19.5 Å². The van der Waals surface area contributed by atoms with E-state index in [1.807, 2.05) is 6.92 Å². The molecule has 2 N–H and O–H groups in total. The molecular weight excluding hydrogens is 214 g/mol. The summed E-state index contributed by atoms with van der Waals surface area (Å²) in [6.45, 7) is 3.18. The Hall–Kier alpha value is -0.770. The van der Waals surface area contributed by atoms with Crippen LogP contribution in [-0.2, 0) is 11.3 Å². The number of methoxy groups -OCH3 is 1. The van der Waals surface area contributed by atoms with Gasteiger partial charge in [-0.3, -0.25) is 0 Å². The average Bonchev–Trinajstić information content (AvgIpc) is 2.17. The molecule has 0 heterocycles. The molecule has 0 amide bonds. The molecule has 0 saturated carbocycles. The molecule has 1 aromatic carbocycles. The molecule has 3 nitrogen and oxygen atoms in total. The van der Waals surface area contributed by atoms with Gasteiger partial charge in [0.25, 0.3) is 0 Å². The fourth-order valence-electron chi connectivity index (χ4n) is 1.31. The molecule has 0 aliphatic rings. The molecule has 4 heteroatoms. The fraction of sp³-hybridized carbons (Fsp3) is 0.455. The number of phenols is 1.